The van der Waals surface area contributed by atoms with Crippen molar-refractivity contribution in [2.75, 3.05) is 6.61 Å². The molecule has 4 atom stereocenters. The Hall–Kier alpha value is -1.92. The maximum absolute atomic E-state index is 12.0. The monoisotopic (exact) mass is 329 g/mol. The standard InChI is InChI=1S/C13H15NO7S/c1-7(2)12(16)19-6-11(15)20-13-8-3-9(5-14)10(4-8)21-22(13,17)18/h8-10,13H,1,3-4,6H2,2H3. The third-order valence-corrected chi connectivity index (χ3v) is 5.12. The molecule has 0 N–H and O–H groups in total. The summed E-state index contributed by atoms with van der Waals surface area (Å²) < 4.78 is 38.3. The minimum Gasteiger partial charge on any atom is -0.450 e. The first-order valence-corrected chi connectivity index (χ1v) is 8.05. The van der Waals surface area contributed by atoms with E-state index >= 15 is 0 Å². The van der Waals surface area contributed by atoms with Gasteiger partial charge in [-0.2, -0.15) is 13.7 Å². The number of nitrogens with zero attached hydrogens (tertiary/aromatic N) is 1. The van der Waals surface area contributed by atoms with E-state index in [9.17, 15) is 18.0 Å². The van der Waals surface area contributed by atoms with Gasteiger partial charge in [-0.25, -0.2) is 9.59 Å². The summed E-state index contributed by atoms with van der Waals surface area (Å²) in [5.41, 5.74) is -1.37. The van der Waals surface area contributed by atoms with E-state index in [1.165, 1.54) is 6.92 Å². The van der Waals surface area contributed by atoms with Crippen molar-refractivity contribution in [2.45, 2.75) is 31.3 Å². The second kappa shape index (κ2) is 6.06. The van der Waals surface area contributed by atoms with Gasteiger partial charge in [-0.1, -0.05) is 6.58 Å². The molecule has 0 aromatic carbocycles. The number of esters is 2. The molecule has 0 spiro atoms. The summed E-state index contributed by atoms with van der Waals surface area (Å²) in [4.78, 5) is 22.8. The topological polar surface area (TPSA) is 120 Å². The quantitative estimate of drug-likeness (QED) is 0.409. The molecular weight excluding hydrogens is 314 g/mol. The molecule has 1 saturated carbocycles. The van der Waals surface area contributed by atoms with Crippen LogP contribution < -0.4 is 0 Å². The van der Waals surface area contributed by atoms with Gasteiger partial charge in [0.05, 0.1) is 18.1 Å². The van der Waals surface area contributed by atoms with Crippen LogP contribution in [0.5, 0.6) is 0 Å². The highest BCUT2D eigenvalue weighted by Crippen LogP contribution is 2.43. The minimum atomic E-state index is -4.10. The molecular formula is C13H15NO7S. The normalized spacial score (nSPS) is 31.8. The fourth-order valence-electron chi connectivity index (χ4n) is 2.53. The molecule has 0 amide bonds. The van der Waals surface area contributed by atoms with Crippen molar-refractivity contribution in [2.24, 2.45) is 11.8 Å². The largest absolute Gasteiger partial charge is 0.450 e. The summed E-state index contributed by atoms with van der Waals surface area (Å²) in [6, 6.07) is 1.99. The molecule has 1 heterocycles. The summed E-state index contributed by atoms with van der Waals surface area (Å²) >= 11 is 0. The van der Waals surface area contributed by atoms with Crippen LogP contribution in [-0.4, -0.2) is 38.5 Å². The highest BCUT2D eigenvalue weighted by Gasteiger charge is 2.53. The van der Waals surface area contributed by atoms with Crippen molar-refractivity contribution < 1.29 is 31.7 Å². The molecule has 0 radical (unpaired) electrons. The second-order valence-electron chi connectivity index (χ2n) is 5.31. The second-order valence-corrected chi connectivity index (χ2v) is 6.95. The van der Waals surface area contributed by atoms with Crippen LogP contribution in [0, 0.1) is 23.2 Å². The number of carbonyl (C=O) groups excluding carboxylic acids is 2. The Bertz CT molecular complexity index is 648. The molecule has 4 unspecified atom stereocenters. The molecule has 2 rings (SSSR count). The number of ether oxygens (including phenoxy) is 2. The van der Waals surface area contributed by atoms with Gasteiger partial charge in [0.15, 0.2) is 6.61 Å². The van der Waals surface area contributed by atoms with E-state index in [4.69, 9.17) is 14.2 Å². The summed E-state index contributed by atoms with van der Waals surface area (Å²) in [5.74, 6) is -2.80. The molecule has 22 heavy (non-hydrogen) atoms. The zero-order valence-electron chi connectivity index (χ0n) is 11.9. The number of carbonyl (C=O) groups is 2. The van der Waals surface area contributed by atoms with Crippen molar-refractivity contribution in [3.63, 3.8) is 0 Å². The Kier molecular flexibility index (Phi) is 4.53. The average molecular weight is 329 g/mol. The Morgan fingerprint density at radius 3 is 2.68 bits per heavy atom. The maximum atomic E-state index is 12.0. The third-order valence-electron chi connectivity index (χ3n) is 3.55. The lowest BCUT2D eigenvalue weighted by Gasteiger charge is -2.27. The summed E-state index contributed by atoms with van der Waals surface area (Å²) in [5, 5.41) is 8.95. The molecule has 1 aliphatic carbocycles. The Labute approximate surface area is 127 Å². The van der Waals surface area contributed by atoms with E-state index < -0.39 is 52.0 Å². The van der Waals surface area contributed by atoms with Gasteiger partial charge in [-0.3, -0.25) is 4.18 Å². The van der Waals surface area contributed by atoms with E-state index in [-0.39, 0.29) is 12.0 Å². The number of fused-ring (bicyclic) bond motifs is 2. The van der Waals surface area contributed by atoms with Gasteiger partial charge in [0.1, 0.15) is 0 Å². The Balaban J connectivity index is 2.00. The first-order valence-electron chi connectivity index (χ1n) is 6.58. The average Bonchev–Trinajstić information content (AvgIpc) is 2.78. The fourth-order valence-corrected chi connectivity index (χ4v) is 4.12. The fraction of sp³-hybridized carbons (Fsp3) is 0.615. The Morgan fingerprint density at radius 1 is 1.41 bits per heavy atom. The zero-order chi connectivity index (χ0) is 16.5. The molecule has 2 bridgehead atoms. The van der Waals surface area contributed by atoms with E-state index in [0.29, 0.717) is 6.42 Å². The molecule has 1 saturated heterocycles. The third kappa shape index (κ3) is 3.28. The maximum Gasteiger partial charge on any atom is 0.345 e. The van der Waals surface area contributed by atoms with Gasteiger partial charge < -0.3 is 9.47 Å². The van der Waals surface area contributed by atoms with Gasteiger partial charge in [0, 0.05) is 11.5 Å². The molecule has 9 heteroatoms. The summed E-state index contributed by atoms with van der Waals surface area (Å²) in [6.45, 7) is 4.04. The van der Waals surface area contributed by atoms with Crippen molar-refractivity contribution in [1.29, 1.82) is 5.26 Å². The van der Waals surface area contributed by atoms with Crippen molar-refractivity contribution >= 4 is 22.1 Å². The zero-order valence-corrected chi connectivity index (χ0v) is 12.7. The van der Waals surface area contributed by atoms with E-state index in [1.807, 2.05) is 6.07 Å². The highest BCUT2D eigenvalue weighted by atomic mass is 32.2. The number of nitriles is 1. The highest BCUT2D eigenvalue weighted by molar-refractivity contribution is 7.87. The van der Waals surface area contributed by atoms with Crippen molar-refractivity contribution in [1.82, 2.24) is 0 Å². The van der Waals surface area contributed by atoms with Crippen LogP contribution >= 0.6 is 0 Å². The van der Waals surface area contributed by atoms with Crippen LogP contribution in [0.15, 0.2) is 12.2 Å². The smallest absolute Gasteiger partial charge is 0.345 e. The van der Waals surface area contributed by atoms with Gasteiger partial charge >= 0.3 is 22.1 Å². The number of hydrogen-bond donors (Lipinski definition) is 0. The predicted octanol–water partition coefficient (Wildman–Crippen LogP) is 0.253. The van der Waals surface area contributed by atoms with E-state index in [1.54, 1.807) is 0 Å². The van der Waals surface area contributed by atoms with Crippen molar-refractivity contribution in [3.05, 3.63) is 12.2 Å². The van der Waals surface area contributed by atoms with Gasteiger partial charge in [-0.05, 0) is 19.8 Å². The Morgan fingerprint density at radius 2 is 2.09 bits per heavy atom. The molecule has 0 aromatic rings. The number of rotatable bonds is 4. The molecule has 0 aromatic heterocycles. The van der Waals surface area contributed by atoms with E-state index in [2.05, 4.69) is 11.3 Å². The number of hydrogen-bond acceptors (Lipinski definition) is 8. The lowest BCUT2D eigenvalue weighted by Crippen LogP contribution is -2.41. The van der Waals surface area contributed by atoms with Crippen LogP contribution in [0.1, 0.15) is 19.8 Å². The molecule has 8 nitrogen and oxygen atoms in total. The minimum absolute atomic E-state index is 0.108. The van der Waals surface area contributed by atoms with Crippen LogP contribution in [-0.2, 0) is 33.4 Å². The van der Waals surface area contributed by atoms with Crippen LogP contribution in [0.4, 0.5) is 0 Å². The molecule has 120 valence electrons. The van der Waals surface area contributed by atoms with Gasteiger partial charge in [0.2, 0.25) is 5.44 Å². The van der Waals surface area contributed by atoms with Crippen LogP contribution in [0.2, 0.25) is 0 Å². The first-order chi connectivity index (χ1) is 10.2. The summed E-state index contributed by atoms with van der Waals surface area (Å²) in [6.07, 6.45) is -0.0682. The SMILES string of the molecule is C=C(C)C(=O)OCC(=O)OC1C2CC(C#N)C(C2)OS1(=O)=O. The summed E-state index contributed by atoms with van der Waals surface area (Å²) in [7, 11) is -4.10. The first kappa shape index (κ1) is 16.5. The molecule has 1 aliphatic heterocycles. The van der Waals surface area contributed by atoms with Gasteiger partial charge in [0.25, 0.3) is 0 Å². The van der Waals surface area contributed by atoms with Gasteiger partial charge in [-0.15, -0.1) is 0 Å². The van der Waals surface area contributed by atoms with E-state index in [0.717, 1.165) is 0 Å². The lowest BCUT2D eigenvalue weighted by atomic mass is 10.1. The van der Waals surface area contributed by atoms with Crippen molar-refractivity contribution in [3.8, 4) is 6.07 Å². The van der Waals surface area contributed by atoms with Crippen LogP contribution in [0.25, 0.3) is 0 Å². The molecule has 2 fully saturated rings. The van der Waals surface area contributed by atoms with Crippen LogP contribution in [0.3, 0.4) is 0 Å². The predicted molar refractivity (Wildman–Crippen MR) is 71.3 cm³/mol. The lowest BCUT2D eigenvalue weighted by molar-refractivity contribution is -0.159. The molecule has 2 aliphatic rings.